The average Bonchev–Trinajstić information content (AvgIpc) is 3.09. The Hall–Kier alpha value is -3.43. The predicted octanol–water partition coefficient (Wildman–Crippen LogP) is 1.57. The van der Waals surface area contributed by atoms with Crippen LogP contribution in [0.5, 0.6) is 0 Å². The lowest BCUT2D eigenvalue weighted by Crippen LogP contribution is -2.51. The molecule has 0 aliphatic heterocycles. The lowest BCUT2D eigenvalue weighted by Gasteiger charge is -2.27. The molecule has 0 aromatic heterocycles. The van der Waals surface area contributed by atoms with Gasteiger partial charge in [-0.05, 0) is 29.2 Å². The molecule has 0 spiro atoms. The maximum atomic E-state index is 12.8. The van der Waals surface area contributed by atoms with Gasteiger partial charge >= 0.3 is 12.1 Å². The topological polar surface area (TPSA) is 136 Å². The number of nitrogens with one attached hydrogen (secondary N) is 1. The molecule has 2 aromatic carbocycles. The molecule has 176 valence electrons. The van der Waals surface area contributed by atoms with Crippen LogP contribution >= 0.6 is 0 Å². The quantitative estimate of drug-likeness (QED) is 0.426. The zero-order chi connectivity index (χ0) is 24.0. The van der Waals surface area contributed by atoms with Crippen LogP contribution < -0.4 is 5.32 Å². The normalized spacial score (nSPS) is 14.0. The van der Waals surface area contributed by atoms with Crippen molar-refractivity contribution in [2.45, 2.75) is 31.4 Å². The predicted molar refractivity (Wildman–Crippen MR) is 120 cm³/mol. The summed E-state index contributed by atoms with van der Waals surface area (Å²) in [7, 11) is 0. The van der Waals surface area contributed by atoms with Crippen molar-refractivity contribution in [3.8, 4) is 11.1 Å². The van der Waals surface area contributed by atoms with Crippen LogP contribution in [0.2, 0.25) is 0 Å². The molecule has 1 aliphatic rings. The number of hydrogen-bond acceptors (Lipinski definition) is 6. The Morgan fingerprint density at radius 2 is 1.64 bits per heavy atom. The van der Waals surface area contributed by atoms with Crippen LogP contribution in [0.3, 0.4) is 0 Å². The summed E-state index contributed by atoms with van der Waals surface area (Å²) in [6.45, 7) is 0.891. The summed E-state index contributed by atoms with van der Waals surface area (Å²) >= 11 is 0. The molecular formula is C24H28N2O7. The van der Waals surface area contributed by atoms with E-state index in [1.165, 1.54) is 6.92 Å². The van der Waals surface area contributed by atoms with E-state index in [1.54, 1.807) is 0 Å². The molecule has 9 heteroatoms. The molecule has 2 atom stereocenters. The minimum Gasteiger partial charge on any atom is -0.481 e. The maximum absolute atomic E-state index is 12.8. The second-order valence-corrected chi connectivity index (χ2v) is 7.98. The van der Waals surface area contributed by atoms with Crippen molar-refractivity contribution in [2.75, 3.05) is 26.3 Å². The van der Waals surface area contributed by atoms with Gasteiger partial charge in [-0.2, -0.15) is 0 Å². The van der Waals surface area contributed by atoms with Crippen molar-refractivity contribution < 1.29 is 34.4 Å². The van der Waals surface area contributed by atoms with Gasteiger partial charge in [0.15, 0.2) is 0 Å². The first-order valence-electron chi connectivity index (χ1n) is 10.7. The summed E-state index contributed by atoms with van der Waals surface area (Å²) in [6.07, 6.45) is -2.47. The van der Waals surface area contributed by atoms with E-state index < -0.39 is 36.5 Å². The Balaban J connectivity index is 1.70. The van der Waals surface area contributed by atoms with E-state index in [0.29, 0.717) is 0 Å². The van der Waals surface area contributed by atoms with Crippen LogP contribution in [0, 0.1) is 0 Å². The molecule has 0 saturated carbocycles. The molecule has 9 nitrogen and oxygen atoms in total. The van der Waals surface area contributed by atoms with Gasteiger partial charge in [0.2, 0.25) is 5.91 Å². The molecule has 0 heterocycles. The third kappa shape index (κ3) is 5.88. The number of aliphatic carboxylic acids is 1. The highest BCUT2D eigenvalue weighted by Gasteiger charge is 2.31. The van der Waals surface area contributed by atoms with Gasteiger partial charge in [0.05, 0.1) is 19.1 Å². The van der Waals surface area contributed by atoms with Gasteiger partial charge < -0.3 is 30.3 Å². The third-order valence-electron chi connectivity index (χ3n) is 5.48. The highest BCUT2D eigenvalue weighted by atomic mass is 16.5. The molecule has 0 saturated heterocycles. The number of amides is 2. The molecule has 0 radical (unpaired) electrons. The molecule has 2 amide bonds. The van der Waals surface area contributed by atoms with E-state index in [4.69, 9.17) is 4.74 Å². The van der Waals surface area contributed by atoms with Gasteiger partial charge in [0, 0.05) is 19.0 Å². The summed E-state index contributed by atoms with van der Waals surface area (Å²) in [5, 5.41) is 30.3. The van der Waals surface area contributed by atoms with E-state index in [9.17, 15) is 29.7 Å². The third-order valence-corrected chi connectivity index (χ3v) is 5.48. The number of hydrogen-bond donors (Lipinski definition) is 4. The molecule has 0 bridgehead atoms. The monoisotopic (exact) mass is 456 g/mol. The van der Waals surface area contributed by atoms with Crippen molar-refractivity contribution >= 4 is 18.0 Å². The minimum absolute atomic E-state index is 0.0157. The van der Waals surface area contributed by atoms with Gasteiger partial charge in [-0.3, -0.25) is 9.59 Å². The highest BCUT2D eigenvalue weighted by Crippen LogP contribution is 2.44. The smallest absolute Gasteiger partial charge is 0.407 e. The maximum Gasteiger partial charge on any atom is 0.407 e. The number of aliphatic hydroxyl groups is 2. The molecular weight excluding hydrogens is 428 g/mol. The number of carbonyl (C=O) groups is 3. The summed E-state index contributed by atoms with van der Waals surface area (Å²) < 4.78 is 5.41. The van der Waals surface area contributed by atoms with Crippen LogP contribution in [-0.2, 0) is 14.3 Å². The number of fused-ring (bicyclic) bond motifs is 3. The van der Waals surface area contributed by atoms with E-state index in [0.717, 1.165) is 27.2 Å². The number of aliphatic hydroxyl groups excluding tert-OH is 2. The number of carbonyl (C=O) groups excluding carboxylic acids is 2. The van der Waals surface area contributed by atoms with Crippen molar-refractivity contribution in [1.29, 1.82) is 0 Å². The lowest BCUT2D eigenvalue weighted by molar-refractivity contribution is -0.143. The van der Waals surface area contributed by atoms with Crippen LogP contribution in [0.4, 0.5) is 4.79 Å². The Bertz CT molecular complexity index is 962. The molecule has 0 fully saturated rings. The Morgan fingerprint density at radius 3 is 2.15 bits per heavy atom. The van der Waals surface area contributed by atoms with Gasteiger partial charge in [0.1, 0.15) is 12.6 Å². The van der Waals surface area contributed by atoms with E-state index >= 15 is 0 Å². The van der Waals surface area contributed by atoms with Crippen molar-refractivity contribution in [2.24, 2.45) is 0 Å². The van der Waals surface area contributed by atoms with Gasteiger partial charge in [-0.1, -0.05) is 48.5 Å². The summed E-state index contributed by atoms with van der Waals surface area (Å²) in [5.41, 5.74) is 4.18. The Kier molecular flexibility index (Phi) is 8.02. The first-order valence-corrected chi connectivity index (χ1v) is 10.7. The van der Waals surface area contributed by atoms with Crippen LogP contribution in [0.1, 0.15) is 30.4 Å². The number of ether oxygens (including phenoxy) is 1. The fraction of sp³-hybridized carbons (Fsp3) is 0.375. The van der Waals surface area contributed by atoms with E-state index in [2.05, 4.69) is 5.32 Å². The second kappa shape index (κ2) is 10.9. The molecule has 33 heavy (non-hydrogen) atoms. The lowest BCUT2D eigenvalue weighted by atomic mass is 9.98. The zero-order valence-corrected chi connectivity index (χ0v) is 18.3. The van der Waals surface area contributed by atoms with Crippen molar-refractivity contribution in [3.05, 3.63) is 59.7 Å². The zero-order valence-electron chi connectivity index (χ0n) is 18.3. The second-order valence-electron chi connectivity index (χ2n) is 7.98. The molecule has 2 unspecified atom stereocenters. The number of carboxylic acid groups (broad SMARTS) is 1. The minimum atomic E-state index is -1.40. The summed E-state index contributed by atoms with van der Waals surface area (Å²) in [4.78, 5) is 37.7. The van der Waals surface area contributed by atoms with Crippen LogP contribution in [0.25, 0.3) is 11.1 Å². The van der Waals surface area contributed by atoms with Gasteiger partial charge in [-0.25, -0.2) is 4.79 Å². The highest BCUT2D eigenvalue weighted by molar-refractivity contribution is 5.89. The number of benzene rings is 2. The fourth-order valence-electron chi connectivity index (χ4n) is 4.11. The SMILES string of the molecule is CC(O)CN(CCO)C(=O)C(CC(=O)O)NC(=O)OCC1c2ccccc2-c2ccccc21. The summed E-state index contributed by atoms with van der Waals surface area (Å²) in [5.74, 6) is -2.19. The largest absolute Gasteiger partial charge is 0.481 e. The van der Waals surface area contributed by atoms with Crippen LogP contribution in [0.15, 0.2) is 48.5 Å². The number of carboxylic acids is 1. The van der Waals surface area contributed by atoms with E-state index in [-0.39, 0.29) is 32.2 Å². The Morgan fingerprint density at radius 1 is 1.06 bits per heavy atom. The van der Waals surface area contributed by atoms with E-state index in [1.807, 2.05) is 48.5 Å². The average molecular weight is 456 g/mol. The van der Waals surface area contributed by atoms with Crippen molar-refractivity contribution in [1.82, 2.24) is 10.2 Å². The molecule has 1 aliphatic carbocycles. The Labute approximate surface area is 191 Å². The molecule has 4 N–H and O–H groups in total. The number of alkyl carbamates (subject to hydrolysis) is 1. The first kappa shape index (κ1) is 24.2. The molecule has 3 rings (SSSR count). The fourth-order valence-corrected chi connectivity index (χ4v) is 4.11. The van der Waals surface area contributed by atoms with Gasteiger partial charge in [0.25, 0.3) is 0 Å². The number of rotatable bonds is 10. The van der Waals surface area contributed by atoms with Crippen LogP contribution in [-0.4, -0.2) is 76.6 Å². The van der Waals surface area contributed by atoms with Gasteiger partial charge in [-0.15, -0.1) is 0 Å². The molecule has 2 aromatic rings. The first-order chi connectivity index (χ1) is 15.8. The summed E-state index contributed by atoms with van der Waals surface area (Å²) in [6, 6.07) is 14.3. The number of nitrogens with zero attached hydrogens (tertiary/aromatic N) is 1. The standard InChI is InChI=1S/C24H28N2O7/c1-15(28)13-26(10-11-27)23(31)21(12-22(29)30)25-24(32)33-14-20-18-8-4-2-6-16(18)17-7-3-5-9-19(17)20/h2-9,15,20-21,27-28H,10-14H2,1H3,(H,25,32)(H,29,30). The van der Waals surface area contributed by atoms with Crippen molar-refractivity contribution in [3.63, 3.8) is 0 Å².